The fourth-order valence-corrected chi connectivity index (χ4v) is 2.20. The molecule has 0 atom stereocenters. The summed E-state index contributed by atoms with van der Waals surface area (Å²) in [5, 5.41) is 3.39. The first kappa shape index (κ1) is 13.9. The van der Waals surface area contributed by atoms with Gasteiger partial charge in [0.15, 0.2) is 0 Å². The third-order valence-electron chi connectivity index (χ3n) is 2.57. The largest absolute Gasteiger partial charge is 0.399 e. The smallest absolute Gasteiger partial charge is 0.228 e. The van der Waals surface area contributed by atoms with Gasteiger partial charge in [-0.3, -0.25) is 4.79 Å². The molecule has 3 N–H and O–H groups in total. The predicted octanol–water partition coefficient (Wildman–Crippen LogP) is 3.87. The molecule has 0 fully saturated rings. The van der Waals surface area contributed by atoms with E-state index in [9.17, 15) is 4.79 Å². The van der Waals surface area contributed by atoms with Crippen LogP contribution in [0.15, 0.2) is 46.9 Å². The third kappa shape index (κ3) is 3.72. The third-order valence-corrected chi connectivity index (χ3v) is 3.63. The number of halogens is 2. The zero-order valence-electron chi connectivity index (χ0n) is 9.99. The van der Waals surface area contributed by atoms with Gasteiger partial charge in [0.1, 0.15) is 0 Å². The molecule has 0 bridgehead atoms. The highest BCUT2D eigenvalue weighted by Crippen LogP contribution is 2.25. The predicted molar refractivity (Wildman–Crippen MR) is 82.3 cm³/mol. The molecule has 98 valence electrons. The fourth-order valence-electron chi connectivity index (χ4n) is 1.65. The second-order valence-corrected chi connectivity index (χ2v) is 5.32. The lowest BCUT2D eigenvalue weighted by Gasteiger charge is -2.09. The Labute approximate surface area is 124 Å². The molecule has 2 rings (SSSR count). The zero-order valence-corrected chi connectivity index (χ0v) is 12.3. The minimum absolute atomic E-state index is 0.139. The molecule has 0 aromatic heterocycles. The van der Waals surface area contributed by atoms with Crippen molar-refractivity contribution in [3.05, 3.63) is 57.5 Å². The first-order valence-electron chi connectivity index (χ1n) is 5.64. The Balaban J connectivity index is 2.10. The van der Waals surface area contributed by atoms with Crippen LogP contribution in [-0.4, -0.2) is 5.91 Å². The van der Waals surface area contributed by atoms with Crippen LogP contribution < -0.4 is 11.1 Å². The molecule has 19 heavy (non-hydrogen) atoms. The van der Waals surface area contributed by atoms with Crippen molar-refractivity contribution in [2.75, 3.05) is 11.1 Å². The van der Waals surface area contributed by atoms with Crippen molar-refractivity contribution < 1.29 is 4.79 Å². The Kier molecular flexibility index (Phi) is 4.45. The highest BCUT2D eigenvalue weighted by atomic mass is 79.9. The van der Waals surface area contributed by atoms with Gasteiger partial charge in [0, 0.05) is 15.2 Å². The van der Waals surface area contributed by atoms with Gasteiger partial charge in [-0.05, 0) is 45.8 Å². The number of nitrogens with one attached hydrogen (secondary N) is 1. The van der Waals surface area contributed by atoms with Crippen LogP contribution in [0.1, 0.15) is 5.56 Å². The molecule has 5 heteroatoms. The van der Waals surface area contributed by atoms with Crippen LogP contribution in [0.25, 0.3) is 0 Å². The Morgan fingerprint density at radius 3 is 2.74 bits per heavy atom. The van der Waals surface area contributed by atoms with E-state index in [0.717, 1.165) is 10.0 Å². The molecule has 0 saturated heterocycles. The quantitative estimate of drug-likeness (QED) is 0.834. The number of carbonyl (C=O) groups is 1. The second-order valence-electron chi connectivity index (χ2n) is 4.06. The number of benzene rings is 2. The molecule has 0 saturated carbocycles. The number of anilines is 2. The monoisotopic (exact) mass is 338 g/mol. The summed E-state index contributed by atoms with van der Waals surface area (Å²) in [7, 11) is 0. The Morgan fingerprint density at radius 2 is 2.00 bits per heavy atom. The van der Waals surface area contributed by atoms with Gasteiger partial charge in [-0.2, -0.15) is 0 Å². The highest BCUT2D eigenvalue weighted by Gasteiger charge is 2.09. The van der Waals surface area contributed by atoms with Crippen molar-refractivity contribution in [2.45, 2.75) is 6.42 Å². The summed E-state index contributed by atoms with van der Waals surface area (Å²) in [4.78, 5) is 12.0. The number of hydrogen-bond acceptors (Lipinski definition) is 2. The van der Waals surface area contributed by atoms with E-state index >= 15 is 0 Å². The molecular weight excluding hydrogens is 328 g/mol. The van der Waals surface area contributed by atoms with Crippen LogP contribution in [-0.2, 0) is 11.2 Å². The van der Waals surface area contributed by atoms with Gasteiger partial charge in [0.2, 0.25) is 5.91 Å². The van der Waals surface area contributed by atoms with Crippen LogP contribution >= 0.6 is 27.5 Å². The summed E-state index contributed by atoms with van der Waals surface area (Å²) in [6.07, 6.45) is 0.223. The number of nitrogens with two attached hydrogens (primary N) is 1. The molecule has 0 aliphatic heterocycles. The second kappa shape index (κ2) is 6.08. The zero-order chi connectivity index (χ0) is 13.8. The molecule has 0 unspecified atom stereocenters. The van der Waals surface area contributed by atoms with Gasteiger partial charge >= 0.3 is 0 Å². The van der Waals surface area contributed by atoms with Crippen LogP contribution in [0.4, 0.5) is 11.4 Å². The lowest BCUT2D eigenvalue weighted by molar-refractivity contribution is -0.115. The van der Waals surface area contributed by atoms with Gasteiger partial charge in [0.05, 0.1) is 12.1 Å². The van der Waals surface area contributed by atoms with Crippen LogP contribution in [0.3, 0.4) is 0 Å². The number of hydrogen-bond donors (Lipinski definition) is 2. The minimum atomic E-state index is -0.139. The van der Waals surface area contributed by atoms with Crippen molar-refractivity contribution >= 4 is 44.8 Å². The molecule has 3 nitrogen and oxygen atoms in total. The number of amides is 1. The Hall–Kier alpha value is -1.52. The molecule has 0 spiro atoms. The summed E-state index contributed by atoms with van der Waals surface area (Å²) in [6, 6.07) is 12.5. The SMILES string of the molecule is Nc1ccc(Br)c(NC(=O)Cc2ccccc2Cl)c1. The van der Waals surface area contributed by atoms with Crippen molar-refractivity contribution in [3.8, 4) is 0 Å². The lowest BCUT2D eigenvalue weighted by Crippen LogP contribution is -2.15. The van der Waals surface area contributed by atoms with Gasteiger partial charge in [-0.15, -0.1) is 0 Å². The van der Waals surface area contributed by atoms with E-state index in [-0.39, 0.29) is 12.3 Å². The molecule has 0 aliphatic carbocycles. The minimum Gasteiger partial charge on any atom is -0.399 e. The van der Waals surface area contributed by atoms with E-state index in [4.69, 9.17) is 17.3 Å². The average molecular weight is 340 g/mol. The van der Waals surface area contributed by atoms with Crippen molar-refractivity contribution in [1.29, 1.82) is 0 Å². The summed E-state index contributed by atoms with van der Waals surface area (Å²) in [6.45, 7) is 0. The lowest BCUT2D eigenvalue weighted by atomic mass is 10.1. The number of carbonyl (C=O) groups excluding carboxylic acids is 1. The van der Waals surface area contributed by atoms with Crippen molar-refractivity contribution in [2.24, 2.45) is 0 Å². The molecule has 0 aliphatic rings. The van der Waals surface area contributed by atoms with Crippen LogP contribution in [0.5, 0.6) is 0 Å². The standard InChI is InChI=1S/C14H12BrClN2O/c15-11-6-5-10(17)8-13(11)18-14(19)7-9-3-1-2-4-12(9)16/h1-6,8H,7,17H2,(H,18,19). The van der Waals surface area contributed by atoms with Gasteiger partial charge in [-0.1, -0.05) is 29.8 Å². The van der Waals surface area contributed by atoms with E-state index in [1.165, 1.54) is 0 Å². The number of rotatable bonds is 3. The summed E-state index contributed by atoms with van der Waals surface area (Å²) in [5.74, 6) is -0.139. The first-order chi connectivity index (χ1) is 9.06. The molecule has 0 heterocycles. The van der Waals surface area contributed by atoms with Crippen molar-refractivity contribution in [1.82, 2.24) is 0 Å². The summed E-state index contributed by atoms with van der Waals surface area (Å²) < 4.78 is 0.786. The van der Waals surface area contributed by atoms with Crippen molar-refractivity contribution in [3.63, 3.8) is 0 Å². The fraction of sp³-hybridized carbons (Fsp3) is 0.0714. The maximum atomic E-state index is 12.0. The molecule has 2 aromatic carbocycles. The number of nitrogen functional groups attached to an aromatic ring is 1. The van der Waals surface area contributed by atoms with E-state index < -0.39 is 0 Å². The average Bonchev–Trinajstić information content (AvgIpc) is 2.37. The molecule has 1 amide bonds. The molecule has 2 aromatic rings. The van der Waals surface area contributed by atoms with E-state index in [2.05, 4.69) is 21.2 Å². The first-order valence-corrected chi connectivity index (χ1v) is 6.81. The van der Waals surface area contributed by atoms with Crippen LogP contribution in [0.2, 0.25) is 5.02 Å². The summed E-state index contributed by atoms with van der Waals surface area (Å²) >= 11 is 9.38. The molecular formula is C14H12BrClN2O. The van der Waals surface area contributed by atoms with E-state index in [1.54, 1.807) is 24.3 Å². The summed E-state index contributed by atoms with van der Waals surface area (Å²) in [5.41, 5.74) is 7.72. The van der Waals surface area contributed by atoms with Gasteiger partial charge < -0.3 is 11.1 Å². The Bertz CT molecular complexity index is 616. The highest BCUT2D eigenvalue weighted by molar-refractivity contribution is 9.10. The van der Waals surface area contributed by atoms with E-state index in [0.29, 0.717) is 16.4 Å². The van der Waals surface area contributed by atoms with E-state index in [1.807, 2.05) is 18.2 Å². The normalized spacial score (nSPS) is 10.2. The molecule has 0 radical (unpaired) electrons. The topological polar surface area (TPSA) is 55.1 Å². The maximum absolute atomic E-state index is 12.0. The van der Waals surface area contributed by atoms with Gasteiger partial charge in [0.25, 0.3) is 0 Å². The maximum Gasteiger partial charge on any atom is 0.228 e. The van der Waals surface area contributed by atoms with Crippen LogP contribution in [0, 0.1) is 0 Å². The Morgan fingerprint density at radius 1 is 1.26 bits per heavy atom. The van der Waals surface area contributed by atoms with Gasteiger partial charge in [-0.25, -0.2) is 0 Å².